The standard InChI is InChI=1S/C23H28ClNO3S/c1-28-18-7-8-19(20(24)15-18)16-3-5-17(6-4-16)23(10-2-11-23)12-14-29-13-9-21(25)22(26)27/h3-8,15,21H,2,9-14,25H2,1H3,(H,26,27). The summed E-state index contributed by atoms with van der Waals surface area (Å²) in [6.45, 7) is 0. The molecule has 1 aliphatic carbocycles. The second-order valence-corrected chi connectivity index (χ2v) is 9.28. The van der Waals surface area contributed by atoms with Gasteiger partial charge in [-0.25, -0.2) is 0 Å². The third-order valence-electron chi connectivity index (χ3n) is 5.91. The van der Waals surface area contributed by atoms with E-state index in [0.29, 0.717) is 11.4 Å². The van der Waals surface area contributed by atoms with Crippen LogP contribution in [0.4, 0.5) is 0 Å². The molecule has 2 aromatic carbocycles. The lowest BCUT2D eigenvalue weighted by Crippen LogP contribution is -2.35. The summed E-state index contributed by atoms with van der Waals surface area (Å²) in [5.74, 6) is 1.65. The molecule has 0 radical (unpaired) electrons. The van der Waals surface area contributed by atoms with Crippen molar-refractivity contribution in [1.29, 1.82) is 0 Å². The van der Waals surface area contributed by atoms with Crippen LogP contribution in [0, 0.1) is 0 Å². The summed E-state index contributed by atoms with van der Waals surface area (Å²) < 4.78 is 5.23. The highest BCUT2D eigenvalue weighted by atomic mass is 35.5. The summed E-state index contributed by atoms with van der Waals surface area (Å²) >= 11 is 8.22. The van der Waals surface area contributed by atoms with Crippen LogP contribution in [0.5, 0.6) is 5.75 Å². The molecule has 0 aliphatic heterocycles. The predicted octanol–water partition coefficient (Wildman–Crippen LogP) is 5.36. The topological polar surface area (TPSA) is 72.5 Å². The molecule has 156 valence electrons. The molecule has 4 nitrogen and oxygen atoms in total. The molecule has 0 bridgehead atoms. The van der Waals surface area contributed by atoms with Gasteiger partial charge in [-0.3, -0.25) is 4.79 Å². The molecule has 1 saturated carbocycles. The van der Waals surface area contributed by atoms with Crippen LogP contribution in [0.1, 0.15) is 37.7 Å². The van der Waals surface area contributed by atoms with Crippen LogP contribution in [0.2, 0.25) is 5.02 Å². The van der Waals surface area contributed by atoms with Gasteiger partial charge in [0.2, 0.25) is 0 Å². The molecular weight excluding hydrogens is 406 g/mol. The van der Waals surface area contributed by atoms with E-state index in [-0.39, 0.29) is 5.41 Å². The van der Waals surface area contributed by atoms with E-state index in [1.165, 1.54) is 24.8 Å². The van der Waals surface area contributed by atoms with Gasteiger partial charge in [0, 0.05) is 5.56 Å². The molecule has 0 aromatic heterocycles. The quantitative estimate of drug-likeness (QED) is 0.493. The maximum atomic E-state index is 10.8. The highest BCUT2D eigenvalue weighted by Gasteiger charge is 2.37. The maximum absolute atomic E-state index is 10.8. The molecule has 1 unspecified atom stereocenters. The van der Waals surface area contributed by atoms with E-state index >= 15 is 0 Å². The number of aliphatic carboxylic acids is 1. The van der Waals surface area contributed by atoms with E-state index in [4.69, 9.17) is 27.2 Å². The van der Waals surface area contributed by atoms with E-state index in [1.807, 2.05) is 18.2 Å². The number of carboxylic acids is 1. The zero-order valence-electron chi connectivity index (χ0n) is 16.7. The number of halogens is 1. The van der Waals surface area contributed by atoms with Gasteiger partial charge in [-0.05, 0) is 71.9 Å². The van der Waals surface area contributed by atoms with Crippen molar-refractivity contribution in [1.82, 2.24) is 0 Å². The molecule has 6 heteroatoms. The van der Waals surface area contributed by atoms with Crippen molar-refractivity contribution >= 4 is 29.3 Å². The van der Waals surface area contributed by atoms with Crippen molar-refractivity contribution in [2.24, 2.45) is 5.73 Å². The normalized spacial score (nSPS) is 16.1. The largest absolute Gasteiger partial charge is 0.497 e. The minimum absolute atomic E-state index is 0.254. The van der Waals surface area contributed by atoms with Crippen LogP contribution < -0.4 is 10.5 Å². The number of methoxy groups -OCH3 is 1. The molecule has 1 atom stereocenters. The zero-order valence-corrected chi connectivity index (χ0v) is 18.3. The highest BCUT2D eigenvalue weighted by molar-refractivity contribution is 7.99. The summed E-state index contributed by atoms with van der Waals surface area (Å²) in [7, 11) is 1.64. The van der Waals surface area contributed by atoms with Crippen molar-refractivity contribution in [2.75, 3.05) is 18.6 Å². The zero-order chi connectivity index (χ0) is 20.9. The number of thioether (sulfide) groups is 1. The van der Waals surface area contributed by atoms with Gasteiger partial charge < -0.3 is 15.6 Å². The summed E-state index contributed by atoms with van der Waals surface area (Å²) in [5.41, 5.74) is 9.33. The Balaban J connectivity index is 1.61. The Morgan fingerprint density at radius 3 is 2.52 bits per heavy atom. The van der Waals surface area contributed by atoms with Crippen LogP contribution in [-0.4, -0.2) is 35.7 Å². The number of carboxylic acid groups (broad SMARTS) is 1. The molecule has 29 heavy (non-hydrogen) atoms. The average Bonchev–Trinajstić information content (AvgIpc) is 2.69. The van der Waals surface area contributed by atoms with Crippen molar-refractivity contribution in [3.05, 3.63) is 53.1 Å². The monoisotopic (exact) mass is 433 g/mol. The van der Waals surface area contributed by atoms with Gasteiger partial charge in [-0.2, -0.15) is 11.8 Å². The van der Waals surface area contributed by atoms with Crippen LogP contribution in [0.3, 0.4) is 0 Å². The van der Waals surface area contributed by atoms with Crippen molar-refractivity contribution in [3.8, 4) is 16.9 Å². The Bertz CT molecular complexity index is 837. The van der Waals surface area contributed by atoms with Crippen molar-refractivity contribution in [3.63, 3.8) is 0 Å². The Kier molecular flexibility index (Phi) is 7.49. The minimum Gasteiger partial charge on any atom is -0.497 e. The van der Waals surface area contributed by atoms with Gasteiger partial charge in [-0.15, -0.1) is 0 Å². The van der Waals surface area contributed by atoms with Gasteiger partial charge >= 0.3 is 5.97 Å². The molecule has 1 aliphatic rings. The number of hydrogen-bond donors (Lipinski definition) is 2. The van der Waals surface area contributed by atoms with E-state index in [9.17, 15) is 4.79 Å². The molecule has 0 heterocycles. The summed E-state index contributed by atoms with van der Waals surface area (Å²) in [5, 5.41) is 9.55. The molecule has 2 aromatic rings. The second-order valence-electron chi connectivity index (χ2n) is 7.65. The Labute approximate surface area is 181 Å². The molecule has 0 amide bonds. The smallest absolute Gasteiger partial charge is 0.320 e. The lowest BCUT2D eigenvalue weighted by molar-refractivity contribution is -0.138. The number of hydrogen-bond acceptors (Lipinski definition) is 4. The maximum Gasteiger partial charge on any atom is 0.320 e. The van der Waals surface area contributed by atoms with Crippen molar-refractivity contribution in [2.45, 2.75) is 43.6 Å². The Hall–Kier alpha value is -1.69. The first-order valence-corrected chi connectivity index (χ1v) is 11.5. The Morgan fingerprint density at radius 1 is 1.24 bits per heavy atom. The molecule has 3 N–H and O–H groups in total. The SMILES string of the molecule is COc1ccc(-c2ccc(C3(CCSCCC(N)C(=O)O)CCC3)cc2)c(Cl)c1. The predicted molar refractivity (Wildman–Crippen MR) is 121 cm³/mol. The molecule has 0 saturated heterocycles. The van der Waals surface area contributed by atoms with E-state index in [2.05, 4.69) is 24.3 Å². The lowest BCUT2D eigenvalue weighted by atomic mass is 9.63. The number of rotatable bonds is 10. The molecule has 3 rings (SSSR count). The fourth-order valence-corrected chi connectivity index (χ4v) is 5.29. The highest BCUT2D eigenvalue weighted by Crippen LogP contribution is 2.47. The van der Waals surface area contributed by atoms with E-state index in [0.717, 1.165) is 34.8 Å². The van der Waals surface area contributed by atoms with Crippen LogP contribution >= 0.6 is 23.4 Å². The first-order valence-electron chi connectivity index (χ1n) is 9.96. The fourth-order valence-electron chi connectivity index (χ4n) is 3.85. The van der Waals surface area contributed by atoms with Gasteiger partial charge in [0.1, 0.15) is 11.8 Å². The first kappa shape index (κ1) is 22.0. The molecular formula is C23H28ClNO3S. The van der Waals surface area contributed by atoms with Gasteiger partial charge in [0.05, 0.1) is 12.1 Å². The average molecular weight is 434 g/mol. The summed E-state index contributed by atoms with van der Waals surface area (Å²) in [6, 6.07) is 13.8. The minimum atomic E-state index is -0.918. The van der Waals surface area contributed by atoms with Crippen LogP contribution in [0.15, 0.2) is 42.5 Å². The summed E-state index contributed by atoms with van der Waals surface area (Å²) in [6.07, 6.45) is 5.32. The fraction of sp³-hybridized carbons (Fsp3) is 0.435. The number of nitrogens with two attached hydrogens (primary N) is 1. The van der Waals surface area contributed by atoms with Crippen LogP contribution in [-0.2, 0) is 10.2 Å². The van der Waals surface area contributed by atoms with E-state index in [1.54, 1.807) is 18.9 Å². The van der Waals surface area contributed by atoms with Gasteiger partial charge in [-0.1, -0.05) is 42.3 Å². The van der Waals surface area contributed by atoms with Gasteiger partial charge in [0.25, 0.3) is 0 Å². The number of carbonyl (C=O) groups is 1. The number of benzene rings is 2. The summed E-state index contributed by atoms with van der Waals surface area (Å²) in [4.78, 5) is 10.8. The van der Waals surface area contributed by atoms with E-state index < -0.39 is 12.0 Å². The number of ether oxygens (including phenoxy) is 1. The van der Waals surface area contributed by atoms with Gasteiger partial charge in [0.15, 0.2) is 0 Å². The van der Waals surface area contributed by atoms with Crippen LogP contribution in [0.25, 0.3) is 11.1 Å². The third kappa shape index (κ3) is 5.27. The second kappa shape index (κ2) is 9.88. The Morgan fingerprint density at radius 2 is 1.97 bits per heavy atom. The third-order valence-corrected chi connectivity index (χ3v) is 7.24. The molecule has 0 spiro atoms. The first-order chi connectivity index (χ1) is 13.9. The van der Waals surface area contributed by atoms with Crippen molar-refractivity contribution < 1.29 is 14.6 Å². The lowest BCUT2D eigenvalue weighted by Gasteiger charge is -2.43. The molecule has 1 fully saturated rings.